The van der Waals surface area contributed by atoms with Crippen molar-refractivity contribution in [3.05, 3.63) is 43.8 Å². The van der Waals surface area contributed by atoms with Crippen LogP contribution in [0.3, 0.4) is 0 Å². The molecule has 0 unspecified atom stereocenters. The van der Waals surface area contributed by atoms with Crippen LogP contribution < -0.4 is 4.74 Å². The van der Waals surface area contributed by atoms with Gasteiger partial charge in [-0.25, -0.2) is 4.98 Å². The first-order valence-corrected chi connectivity index (χ1v) is 7.84. The van der Waals surface area contributed by atoms with Crippen molar-refractivity contribution < 1.29 is 4.74 Å². The normalized spacial score (nSPS) is 11.3. The average Bonchev–Trinajstić information content (AvgIpc) is 2.86. The van der Waals surface area contributed by atoms with Gasteiger partial charge in [0.2, 0.25) is 0 Å². The number of rotatable bonds is 4. The summed E-state index contributed by atoms with van der Waals surface area (Å²) < 4.78 is 5.38. The van der Waals surface area contributed by atoms with Crippen LogP contribution in [0.25, 0.3) is 11.6 Å². The van der Waals surface area contributed by atoms with Crippen LogP contribution in [0, 0.1) is 18.3 Å². The van der Waals surface area contributed by atoms with Crippen molar-refractivity contribution in [2.75, 3.05) is 6.61 Å². The second-order valence-corrected chi connectivity index (χ2v) is 5.88. The molecule has 3 nitrogen and oxygen atoms in total. The van der Waals surface area contributed by atoms with Gasteiger partial charge in [0.25, 0.3) is 0 Å². The zero-order valence-corrected chi connectivity index (χ0v) is 13.8. The molecule has 0 saturated carbocycles. The summed E-state index contributed by atoms with van der Waals surface area (Å²) in [5, 5.41) is 12.7. The summed E-state index contributed by atoms with van der Waals surface area (Å²) in [6.07, 6.45) is 1.71. The van der Waals surface area contributed by atoms with E-state index in [4.69, 9.17) is 27.9 Å². The first-order chi connectivity index (χ1) is 10.0. The third-order valence-electron chi connectivity index (χ3n) is 2.59. The van der Waals surface area contributed by atoms with Crippen LogP contribution >= 0.6 is 34.5 Å². The van der Waals surface area contributed by atoms with Gasteiger partial charge in [-0.3, -0.25) is 0 Å². The molecule has 108 valence electrons. The van der Waals surface area contributed by atoms with Gasteiger partial charge in [-0.05, 0) is 37.6 Å². The molecule has 1 aromatic heterocycles. The number of aromatic nitrogens is 1. The summed E-state index contributed by atoms with van der Waals surface area (Å²) in [5.74, 6) is 0.460. The minimum Gasteiger partial charge on any atom is -0.491 e. The molecule has 0 saturated heterocycles. The van der Waals surface area contributed by atoms with Gasteiger partial charge in [0.15, 0.2) is 5.75 Å². The lowest BCUT2D eigenvalue weighted by Gasteiger charge is -2.08. The van der Waals surface area contributed by atoms with E-state index in [1.54, 1.807) is 18.2 Å². The Morgan fingerprint density at radius 1 is 1.43 bits per heavy atom. The number of allylic oxidation sites excluding steroid dienone is 1. The Hall–Kier alpha value is -1.54. The summed E-state index contributed by atoms with van der Waals surface area (Å²) in [6, 6.07) is 5.59. The standard InChI is InChI=1S/C15H12Cl2N2OS/c1-3-20-14-12(16)5-10(6-13(14)17)4-11(7-18)15-19-9(2)8-21-15/h4-6,8H,3H2,1-2H3/b11-4-. The Kier molecular flexibility index (Phi) is 5.24. The van der Waals surface area contributed by atoms with Crippen LogP contribution in [0.4, 0.5) is 0 Å². The van der Waals surface area contributed by atoms with E-state index in [2.05, 4.69) is 11.1 Å². The number of ether oxygens (including phenoxy) is 1. The molecule has 0 bridgehead atoms. The smallest absolute Gasteiger partial charge is 0.156 e. The summed E-state index contributed by atoms with van der Waals surface area (Å²) in [5.41, 5.74) is 2.10. The molecule has 0 amide bonds. The molecule has 0 aliphatic carbocycles. The topological polar surface area (TPSA) is 45.9 Å². The van der Waals surface area contributed by atoms with E-state index in [1.165, 1.54) is 11.3 Å². The molecule has 0 spiro atoms. The van der Waals surface area contributed by atoms with Crippen molar-refractivity contribution >= 4 is 46.2 Å². The molecule has 0 aliphatic heterocycles. The number of nitriles is 1. The highest BCUT2D eigenvalue weighted by atomic mass is 35.5. The second-order valence-electron chi connectivity index (χ2n) is 4.21. The van der Waals surface area contributed by atoms with Crippen molar-refractivity contribution in [2.45, 2.75) is 13.8 Å². The summed E-state index contributed by atoms with van der Waals surface area (Å²) >= 11 is 13.7. The van der Waals surface area contributed by atoms with Crippen molar-refractivity contribution in [1.29, 1.82) is 5.26 Å². The quantitative estimate of drug-likeness (QED) is 0.717. The second kappa shape index (κ2) is 6.95. The lowest BCUT2D eigenvalue weighted by atomic mass is 10.1. The number of benzene rings is 1. The highest BCUT2D eigenvalue weighted by Gasteiger charge is 2.10. The fourth-order valence-corrected chi connectivity index (χ4v) is 3.11. The molecular weight excluding hydrogens is 327 g/mol. The van der Waals surface area contributed by atoms with Gasteiger partial charge in [0.1, 0.15) is 11.1 Å². The SMILES string of the molecule is CCOc1c(Cl)cc(/C=C(/C#N)c2nc(C)cs2)cc1Cl. The third kappa shape index (κ3) is 3.76. The molecule has 0 atom stereocenters. The molecule has 1 heterocycles. The maximum absolute atomic E-state index is 9.29. The van der Waals surface area contributed by atoms with Crippen LogP contribution in [0.15, 0.2) is 17.5 Å². The summed E-state index contributed by atoms with van der Waals surface area (Å²) in [7, 11) is 0. The lowest BCUT2D eigenvalue weighted by Crippen LogP contribution is -1.93. The van der Waals surface area contributed by atoms with Gasteiger partial charge in [-0.2, -0.15) is 5.26 Å². The first kappa shape index (κ1) is 15.8. The van der Waals surface area contributed by atoms with Crippen molar-refractivity contribution in [3.63, 3.8) is 0 Å². The minimum absolute atomic E-state index is 0.420. The predicted molar refractivity (Wildman–Crippen MR) is 88.0 cm³/mol. The average molecular weight is 339 g/mol. The molecular formula is C15H12Cl2N2OS. The van der Waals surface area contributed by atoms with E-state index in [0.29, 0.717) is 33.0 Å². The van der Waals surface area contributed by atoms with E-state index in [-0.39, 0.29) is 0 Å². The largest absolute Gasteiger partial charge is 0.491 e. The summed E-state index contributed by atoms with van der Waals surface area (Å²) in [6.45, 7) is 4.23. The molecule has 1 aromatic carbocycles. The highest BCUT2D eigenvalue weighted by Crippen LogP contribution is 2.35. The maximum Gasteiger partial charge on any atom is 0.156 e. The van der Waals surface area contributed by atoms with Crippen molar-refractivity contribution in [1.82, 2.24) is 4.98 Å². The van der Waals surface area contributed by atoms with Gasteiger partial charge < -0.3 is 4.74 Å². The lowest BCUT2D eigenvalue weighted by molar-refractivity contribution is 0.340. The molecule has 0 aliphatic rings. The van der Waals surface area contributed by atoms with Gasteiger partial charge in [-0.15, -0.1) is 11.3 Å². The van der Waals surface area contributed by atoms with Crippen LogP contribution in [0.5, 0.6) is 5.75 Å². The Balaban J connectivity index is 2.42. The molecule has 0 radical (unpaired) electrons. The molecule has 6 heteroatoms. The number of nitrogens with zero attached hydrogens (tertiary/aromatic N) is 2. The van der Waals surface area contributed by atoms with E-state index >= 15 is 0 Å². The Labute approximate surface area is 137 Å². The molecule has 0 fully saturated rings. The molecule has 0 N–H and O–H groups in total. The van der Waals surface area contributed by atoms with Gasteiger partial charge >= 0.3 is 0 Å². The number of halogens is 2. The van der Waals surface area contributed by atoms with Crippen LogP contribution in [0.1, 0.15) is 23.2 Å². The molecule has 2 rings (SSSR count). The highest BCUT2D eigenvalue weighted by molar-refractivity contribution is 7.11. The monoisotopic (exact) mass is 338 g/mol. The van der Waals surface area contributed by atoms with Crippen LogP contribution in [0.2, 0.25) is 10.0 Å². The van der Waals surface area contributed by atoms with Crippen molar-refractivity contribution in [3.8, 4) is 11.8 Å². The Bertz CT molecular complexity index is 709. The van der Waals surface area contributed by atoms with E-state index in [1.807, 2.05) is 19.2 Å². The van der Waals surface area contributed by atoms with Crippen molar-refractivity contribution in [2.24, 2.45) is 0 Å². The number of aryl methyl sites for hydroxylation is 1. The van der Waals surface area contributed by atoms with Crippen LogP contribution in [-0.2, 0) is 0 Å². The van der Waals surface area contributed by atoms with Gasteiger partial charge in [0.05, 0.1) is 22.2 Å². The van der Waals surface area contributed by atoms with Gasteiger partial charge in [-0.1, -0.05) is 23.2 Å². The van der Waals surface area contributed by atoms with Gasteiger partial charge in [0, 0.05) is 11.1 Å². The third-order valence-corrected chi connectivity index (χ3v) is 4.15. The Morgan fingerprint density at radius 2 is 2.10 bits per heavy atom. The minimum atomic E-state index is 0.420. The van der Waals surface area contributed by atoms with E-state index < -0.39 is 0 Å². The number of hydrogen-bond donors (Lipinski definition) is 0. The fraction of sp³-hybridized carbons (Fsp3) is 0.200. The molecule has 2 aromatic rings. The van der Waals surface area contributed by atoms with E-state index in [9.17, 15) is 5.26 Å². The first-order valence-electron chi connectivity index (χ1n) is 6.21. The zero-order valence-electron chi connectivity index (χ0n) is 11.5. The maximum atomic E-state index is 9.29. The number of hydrogen-bond acceptors (Lipinski definition) is 4. The predicted octanol–water partition coefficient (Wildman–Crippen LogP) is 5.22. The van der Waals surface area contributed by atoms with Crippen LogP contribution in [-0.4, -0.2) is 11.6 Å². The zero-order chi connectivity index (χ0) is 15.4. The summed E-state index contributed by atoms with van der Waals surface area (Å²) in [4.78, 5) is 4.31. The Morgan fingerprint density at radius 3 is 2.57 bits per heavy atom. The molecule has 21 heavy (non-hydrogen) atoms. The fourth-order valence-electron chi connectivity index (χ4n) is 1.73. The number of thiazole rings is 1. The van der Waals surface area contributed by atoms with E-state index in [0.717, 1.165) is 11.3 Å².